The number of aliphatic hydroxyl groups is 1. The minimum Gasteiger partial charge on any atom is -0.388 e. The number of rotatable bonds is 5. The monoisotopic (exact) mass is 276 g/mol. The molecule has 108 valence electrons. The number of hydrogen-bond acceptors (Lipinski definition) is 3. The van der Waals surface area contributed by atoms with Gasteiger partial charge in [0.05, 0.1) is 12.5 Å². The van der Waals surface area contributed by atoms with E-state index in [9.17, 15) is 14.7 Å². The van der Waals surface area contributed by atoms with Crippen molar-refractivity contribution in [3.8, 4) is 0 Å². The van der Waals surface area contributed by atoms with Gasteiger partial charge in [-0.3, -0.25) is 9.59 Å². The Labute approximate surface area is 118 Å². The molecule has 1 aliphatic rings. The normalized spacial score (nSPS) is 16.9. The Bertz CT molecular complexity index is 496. The van der Waals surface area contributed by atoms with E-state index in [0.717, 1.165) is 25.7 Å². The molecule has 1 unspecified atom stereocenters. The third-order valence-corrected chi connectivity index (χ3v) is 3.66. The van der Waals surface area contributed by atoms with Crippen LogP contribution in [0.5, 0.6) is 0 Å². The van der Waals surface area contributed by atoms with Gasteiger partial charge in [0.15, 0.2) is 0 Å². The standard InChI is InChI=1S/C15H20N2O3/c16-14(19)9-13(18)11-6-3-7-12(8-11)17-15(20)10-4-1-2-5-10/h3,6-8,10,13,18H,1-2,4-5,9H2,(H2,16,19)(H,17,20). The fourth-order valence-corrected chi connectivity index (χ4v) is 2.56. The van der Waals surface area contributed by atoms with Crippen LogP contribution in [0.4, 0.5) is 5.69 Å². The zero-order chi connectivity index (χ0) is 14.5. The van der Waals surface area contributed by atoms with E-state index in [2.05, 4.69) is 5.32 Å². The second-order valence-corrected chi connectivity index (χ2v) is 5.28. The van der Waals surface area contributed by atoms with E-state index in [4.69, 9.17) is 5.73 Å². The number of aliphatic hydroxyl groups excluding tert-OH is 1. The van der Waals surface area contributed by atoms with Crippen LogP contribution in [-0.2, 0) is 9.59 Å². The average Bonchev–Trinajstić information content (AvgIpc) is 2.92. The highest BCUT2D eigenvalue weighted by Gasteiger charge is 2.22. The van der Waals surface area contributed by atoms with Crippen LogP contribution in [0.2, 0.25) is 0 Å². The second-order valence-electron chi connectivity index (χ2n) is 5.28. The number of nitrogens with one attached hydrogen (secondary N) is 1. The highest BCUT2D eigenvalue weighted by atomic mass is 16.3. The highest BCUT2D eigenvalue weighted by Crippen LogP contribution is 2.26. The van der Waals surface area contributed by atoms with Crippen molar-refractivity contribution in [3.63, 3.8) is 0 Å². The number of hydrogen-bond donors (Lipinski definition) is 3. The molecule has 4 N–H and O–H groups in total. The Balaban J connectivity index is 2.01. The Morgan fingerprint density at radius 1 is 1.35 bits per heavy atom. The predicted molar refractivity (Wildman–Crippen MR) is 75.8 cm³/mol. The molecule has 1 fully saturated rings. The van der Waals surface area contributed by atoms with Crippen molar-refractivity contribution < 1.29 is 14.7 Å². The maximum Gasteiger partial charge on any atom is 0.227 e. The smallest absolute Gasteiger partial charge is 0.227 e. The maximum atomic E-state index is 12.0. The fourth-order valence-electron chi connectivity index (χ4n) is 2.56. The van der Waals surface area contributed by atoms with E-state index in [0.29, 0.717) is 11.3 Å². The molecule has 0 bridgehead atoms. The summed E-state index contributed by atoms with van der Waals surface area (Å²) in [6.07, 6.45) is 3.03. The molecule has 1 aliphatic carbocycles. The van der Waals surface area contributed by atoms with Crippen molar-refractivity contribution in [1.82, 2.24) is 0 Å². The van der Waals surface area contributed by atoms with E-state index >= 15 is 0 Å². The van der Waals surface area contributed by atoms with Crippen LogP contribution >= 0.6 is 0 Å². The van der Waals surface area contributed by atoms with Gasteiger partial charge in [0.2, 0.25) is 11.8 Å². The number of anilines is 1. The summed E-state index contributed by atoms with van der Waals surface area (Å²) in [6.45, 7) is 0. The number of carbonyl (C=O) groups is 2. The van der Waals surface area contributed by atoms with Crippen molar-refractivity contribution in [2.75, 3.05) is 5.32 Å². The molecule has 1 atom stereocenters. The molecule has 0 spiro atoms. The Hall–Kier alpha value is -1.88. The third-order valence-electron chi connectivity index (χ3n) is 3.66. The van der Waals surface area contributed by atoms with Gasteiger partial charge >= 0.3 is 0 Å². The van der Waals surface area contributed by atoms with Gasteiger partial charge < -0.3 is 16.2 Å². The van der Waals surface area contributed by atoms with Gasteiger partial charge in [0.1, 0.15) is 0 Å². The lowest BCUT2D eigenvalue weighted by atomic mass is 10.0. The molecule has 0 aromatic heterocycles. The maximum absolute atomic E-state index is 12.0. The minimum atomic E-state index is -0.934. The summed E-state index contributed by atoms with van der Waals surface area (Å²) in [7, 11) is 0. The zero-order valence-corrected chi connectivity index (χ0v) is 11.3. The molecule has 2 rings (SSSR count). The van der Waals surface area contributed by atoms with Crippen LogP contribution in [0.3, 0.4) is 0 Å². The van der Waals surface area contributed by atoms with Crippen LogP contribution in [-0.4, -0.2) is 16.9 Å². The van der Waals surface area contributed by atoms with Crippen molar-refractivity contribution in [1.29, 1.82) is 0 Å². The molecule has 5 nitrogen and oxygen atoms in total. The molecule has 0 radical (unpaired) electrons. The van der Waals surface area contributed by atoms with Crippen molar-refractivity contribution in [2.45, 2.75) is 38.2 Å². The lowest BCUT2D eigenvalue weighted by Gasteiger charge is -2.13. The van der Waals surface area contributed by atoms with E-state index in [-0.39, 0.29) is 18.2 Å². The molecule has 2 amide bonds. The lowest BCUT2D eigenvalue weighted by molar-refractivity contribution is -0.120. The zero-order valence-electron chi connectivity index (χ0n) is 11.3. The van der Waals surface area contributed by atoms with Gasteiger partial charge in [-0.15, -0.1) is 0 Å². The minimum absolute atomic E-state index is 0.0315. The molecule has 1 aromatic carbocycles. The first-order chi connectivity index (χ1) is 9.56. The summed E-state index contributed by atoms with van der Waals surface area (Å²) in [4.78, 5) is 22.8. The van der Waals surface area contributed by atoms with Gasteiger partial charge in [-0.2, -0.15) is 0 Å². The Kier molecular flexibility index (Phi) is 4.74. The highest BCUT2D eigenvalue weighted by molar-refractivity contribution is 5.92. The Morgan fingerprint density at radius 3 is 2.70 bits per heavy atom. The molecule has 5 heteroatoms. The van der Waals surface area contributed by atoms with E-state index in [1.165, 1.54) is 0 Å². The first-order valence-corrected chi connectivity index (χ1v) is 6.93. The van der Waals surface area contributed by atoms with Crippen LogP contribution < -0.4 is 11.1 Å². The first-order valence-electron chi connectivity index (χ1n) is 6.93. The van der Waals surface area contributed by atoms with Crippen molar-refractivity contribution in [2.24, 2.45) is 11.7 Å². The second kappa shape index (κ2) is 6.52. The predicted octanol–water partition coefficient (Wildman–Crippen LogP) is 1.72. The largest absolute Gasteiger partial charge is 0.388 e. The van der Waals surface area contributed by atoms with Crippen LogP contribution in [0, 0.1) is 5.92 Å². The quantitative estimate of drug-likeness (QED) is 0.764. The van der Waals surface area contributed by atoms with Crippen molar-refractivity contribution >= 4 is 17.5 Å². The average molecular weight is 276 g/mol. The van der Waals surface area contributed by atoms with Gasteiger partial charge in [0.25, 0.3) is 0 Å². The van der Waals surface area contributed by atoms with E-state index in [1.807, 2.05) is 0 Å². The number of benzene rings is 1. The van der Waals surface area contributed by atoms with Gasteiger partial charge in [0, 0.05) is 11.6 Å². The summed E-state index contributed by atoms with van der Waals surface area (Å²) < 4.78 is 0. The topological polar surface area (TPSA) is 92.4 Å². The molecular formula is C15H20N2O3. The number of amides is 2. The van der Waals surface area contributed by atoms with Crippen LogP contribution in [0.15, 0.2) is 24.3 Å². The van der Waals surface area contributed by atoms with Gasteiger partial charge in [-0.05, 0) is 30.5 Å². The molecule has 20 heavy (non-hydrogen) atoms. The molecule has 1 saturated carbocycles. The third kappa shape index (κ3) is 3.81. The number of nitrogens with two attached hydrogens (primary N) is 1. The van der Waals surface area contributed by atoms with E-state index < -0.39 is 12.0 Å². The number of carbonyl (C=O) groups excluding carboxylic acids is 2. The molecule has 1 aromatic rings. The first kappa shape index (κ1) is 14.5. The summed E-state index contributed by atoms with van der Waals surface area (Å²) >= 11 is 0. The van der Waals surface area contributed by atoms with E-state index in [1.54, 1.807) is 24.3 Å². The molecule has 0 heterocycles. The molecule has 0 aliphatic heterocycles. The Morgan fingerprint density at radius 2 is 2.05 bits per heavy atom. The van der Waals surface area contributed by atoms with Crippen LogP contribution in [0.25, 0.3) is 0 Å². The molecular weight excluding hydrogens is 256 g/mol. The summed E-state index contributed by atoms with van der Waals surface area (Å²) in [5, 5.41) is 12.7. The number of primary amides is 1. The fraction of sp³-hybridized carbons (Fsp3) is 0.467. The lowest BCUT2D eigenvalue weighted by Crippen LogP contribution is -2.20. The summed E-state index contributed by atoms with van der Waals surface area (Å²) in [5.41, 5.74) is 6.28. The van der Waals surface area contributed by atoms with Crippen LogP contribution in [0.1, 0.15) is 43.8 Å². The van der Waals surface area contributed by atoms with Gasteiger partial charge in [-0.25, -0.2) is 0 Å². The molecule has 0 saturated heterocycles. The van der Waals surface area contributed by atoms with Gasteiger partial charge in [-0.1, -0.05) is 25.0 Å². The summed E-state index contributed by atoms with van der Waals surface area (Å²) in [5.74, 6) is -0.434. The SMILES string of the molecule is NC(=O)CC(O)c1cccc(NC(=O)C2CCCC2)c1. The van der Waals surface area contributed by atoms with Crippen molar-refractivity contribution in [3.05, 3.63) is 29.8 Å². The summed E-state index contributed by atoms with van der Waals surface area (Å²) in [6, 6.07) is 6.90.